The van der Waals surface area contributed by atoms with Crippen molar-refractivity contribution in [3.8, 4) is 0 Å². The Hall–Kier alpha value is -1.76. The number of hydrogen-bond acceptors (Lipinski definition) is 1. The third-order valence-electron chi connectivity index (χ3n) is 2.42. The average Bonchev–Trinajstić information content (AvgIpc) is 2.62. The smallest absolute Gasteiger partial charge is 0.0376 e. The molecular formula is C18H27N. The van der Waals surface area contributed by atoms with Crippen LogP contribution in [0.25, 0.3) is 0 Å². The fourth-order valence-corrected chi connectivity index (χ4v) is 1.49. The Balaban J connectivity index is 0.00000154. The van der Waals surface area contributed by atoms with Gasteiger partial charge in [-0.15, -0.1) is 0 Å². The molecule has 0 aliphatic heterocycles. The molecule has 1 nitrogen and oxygen atoms in total. The van der Waals surface area contributed by atoms with Crippen molar-refractivity contribution < 1.29 is 0 Å². The highest BCUT2D eigenvalue weighted by Crippen LogP contribution is 2.08. The first-order valence-electron chi connectivity index (χ1n) is 6.99. The minimum Gasteiger partial charge on any atom is -0.362 e. The Morgan fingerprint density at radius 2 is 2.00 bits per heavy atom. The van der Waals surface area contributed by atoms with Gasteiger partial charge in [0.2, 0.25) is 0 Å². The minimum atomic E-state index is 1.03. The second-order valence-corrected chi connectivity index (χ2v) is 4.16. The van der Waals surface area contributed by atoms with Crippen molar-refractivity contribution in [2.45, 2.75) is 41.0 Å². The summed E-state index contributed by atoms with van der Waals surface area (Å²) < 4.78 is 0. The van der Waals surface area contributed by atoms with Crippen molar-refractivity contribution in [1.82, 2.24) is 5.32 Å². The Labute approximate surface area is 118 Å². The van der Waals surface area contributed by atoms with Gasteiger partial charge in [-0.2, -0.15) is 0 Å². The minimum absolute atomic E-state index is 1.03. The van der Waals surface area contributed by atoms with E-state index in [-0.39, 0.29) is 0 Å². The summed E-state index contributed by atoms with van der Waals surface area (Å²) in [7, 11) is 0. The fraction of sp³-hybridized carbons (Fsp3) is 0.333. The molecule has 0 saturated heterocycles. The Morgan fingerprint density at radius 1 is 1.26 bits per heavy atom. The summed E-state index contributed by atoms with van der Waals surface area (Å²) in [4.78, 5) is 0. The molecule has 0 bridgehead atoms. The summed E-state index contributed by atoms with van der Waals surface area (Å²) in [5.41, 5.74) is 3.74. The molecule has 19 heavy (non-hydrogen) atoms. The third kappa shape index (κ3) is 8.90. The Morgan fingerprint density at radius 3 is 2.68 bits per heavy atom. The van der Waals surface area contributed by atoms with Crippen LogP contribution in [-0.4, -0.2) is 0 Å². The summed E-state index contributed by atoms with van der Waals surface area (Å²) in [6.07, 6.45) is 19.7. The molecule has 0 aromatic carbocycles. The Bertz CT molecular complexity index is 415. The molecule has 1 aliphatic carbocycles. The van der Waals surface area contributed by atoms with Crippen LogP contribution in [0.15, 0.2) is 71.7 Å². The van der Waals surface area contributed by atoms with Gasteiger partial charge in [-0.1, -0.05) is 55.4 Å². The molecule has 0 amide bonds. The summed E-state index contributed by atoms with van der Waals surface area (Å²) >= 11 is 0. The number of rotatable bonds is 4. The predicted molar refractivity (Wildman–Crippen MR) is 87.8 cm³/mol. The van der Waals surface area contributed by atoms with Gasteiger partial charge in [-0.3, -0.25) is 0 Å². The molecule has 0 radical (unpaired) electrons. The van der Waals surface area contributed by atoms with Crippen LogP contribution in [0.5, 0.6) is 0 Å². The number of allylic oxidation sites excluding steroid dienone is 10. The summed E-state index contributed by atoms with van der Waals surface area (Å²) in [5, 5.41) is 3.26. The lowest BCUT2D eigenvalue weighted by Crippen LogP contribution is -2.00. The van der Waals surface area contributed by atoms with Crippen LogP contribution in [0, 0.1) is 0 Å². The first kappa shape index (κ1) is 17.2. The molecule has 0 saturated carbocycles. The molecule has 0 aromatic rings. The monoisotopic (exact) mass is 257 g/mol. The van der Waals surface area contributed by atoms with Crippen molar-refractivity contribution >= 4 is 0 Å². The maximum Gasteiger partial charge on any atom is 0.0376 e. The highest BCUT2D eigenvalue weighted by molar-refractivity contribution is 5.30. The normalized spacial score (nSPS) is 15.7. The lowest BCUT2D eigenvalue weighted by molar-refractivity contribution is 1.11. The SMILES string of the molecule is CC.C\C=C/C(C)=C\C=C\NC1=CC=C(C)CC=C1. The molecule has 1 rings (SSSR count). The number of hydrogen-bond donors (Lipinski definition) is 1. The molecule has 1 N–H and O–H groups in total. The van der Waals surface area contributed by atoms with E-state index >= 15 is 0 Å². The predicted octanol–water partition coefficient (Wildman–Crippen LogP) is 5.43. The van der Waals surface area contributed by atoms with Gasteiger partial charge in [0, 0.05) is 11.9 Å². The molecule has 0 aromatic heterocycles. The topological polar surface area (TPSA) is 12.0 Å². The van der Waals surface area contributed by atoms with E-state index in [1.54, 1.807) is 0 Å². The maximum absolute atomic E-state index is 3.26. The van der Waals surface area contributed by atoms with E-state index in [9.17, 15) is 0 Å². The average molecular weight is 257 g/mol. The largest absolute Gasteiger partial charge is 0.362 e. The molecule has 0 unspecified atom stereocenters. The van der Waals surface area contributed by atoms with Crippen LogP contribution in [0.2, 0.25) is 0 Å². The zero-order valence-corrected chi connectivity index (χ0v) is 12.9. The van der Waals surface area contributed by atoms with Gasteiger partial charge in [0.1, 0.15) is 0 Å². The van der Waals surface area contributed by atoms with E-state index < -0.39 is 0 Å². The zero-order chi connectivity index (χ0) is 14.5. The molecule has 1 aliphatic rings. The Kier molecular flexibility index (Phi) is 10.3. The van der Waals surface area contributed by atoms with Crippen LogP contribution in [0.1, 0.15) is 41.0 Å². The standard InChI is InChI=1S/C16H21N.C2H6/c1-4-7-14(2)9-6-13-17-16-10-5-8-15(3)11-12-16;1-2/h4-7,9-13,17H,8H2,1-3H3;1-2H3/b7-4-,13-6+,14-9-;. The van der Waals surface area contributed by atoms with E-state index in [1.165, 1.54) is 11.1 Å². The van der Waals surface area contributed by atoms with Crippen molar-refractivity contribution in [2.75, 3.05) is 0 Å². The molecule has 1 heteroatoms. The van der Waals surface area contributed by atoms with Crippen molar-refractivity contribution in [3.63, 3.8) is 0 Å². The van der Waals surface area contributed by atoms with E-state index in [0.717, 1.165) is 12.1 Å². The van der Waals surface area contributed by atoms with Gasteiger partial charge in [-0.25, -0.2) is 0 Å². The molecule has 0 spiro atoms. The van der Waals surface area contributed by atoms with Gasteiger partial charge in [-0.05, 0) is 45.4 Å². The van der Waals surface area contributed by atoms with Gasteiger partial charge >= 0.3 is 0 Å². The van der Waals surface area contributed by atoms with Crippen LogP contribution in [-0.2, 0) is 0 Å². The van der Waals surface area contributed by atoms with Crippen LogP contribution >= 0.6 is 0 Å². The first-order chi connectivity index (χ1) is 9.22. The van der Waals surface area contributed by atoms with Gasteiger partial charge in [0.25, 0.3) is 0 Å². The van der Waals surface area contributed by atoms with E-state index in [1.807, 2.05) is 39.1 Å². The lowest BCUT2D eigenvalue weighted by atomic mass is 10.2. The number of nitrogens with one attached hydrogen (secondary N) is 1. The van der Waals surface area contributed by atoms with E-state index in [2.05, 4.69) is 55.6 Å². The summed E-state index contributed by atoms with van der Waals surface area (Å²) in [5.74, 6) is 0. The van der Waals surface area contributed by atoms with Crippen LogP contribution in [0.4, 0.5) is 0 Å². The van der Waals surface area contributed by atoms with Crippen LogP contribution in [0.3, 0.4) is 0 Å². The zero-order valence-electron chi connectivity index (χ0n) is 12.9. The van der Waals surface area contributed by atoms with E-state index in [4.69, 9.17) is 0 Å². The quantitative estimate of drug-likeness (QED) is 0.662. The second kappa shape index (κ2) is 11.3. The molecule has 0 fully saturated rings. The summed E-state index contributed by atoms with van der Waals surface area (Å²) in [6.45, 7) is 10.2. The highest BCUT2D eigenvalue weighted by Gasteiger charge is 1.92. The summed E-state index contributed by atoms with van der Waals surface area (Å²) in [6, 6.07) is 0. The lowest BCUT2D eigenvalue weighted by Gasteiger charge is -1.98. The van der Waals surface area contributed by atoms with Gasteiger partial charge < -0.3 is 5.32 Å². The fourth-order valence-electron chi connectivity index (χ4n) is 1.49. The molecular weight excluding hydrogens is 230 g/mol. The van der Waals surface area contributed by atoms with Gasteiger partial charge in [0.15, 0.2) is 0 Å². The highest BCUT2D eigenvalue weighted by atomic mass is 14.8. The molecule has 0 atom stereocenters. The van der Waals surface area contributed by atoms with Gasteiger partial charge in [0.05, 0.1) is 0 Å². The molecule has 104 valence electrons. The first-order valence-corrected chi connectivity index (χ1v) is 6.99. The third-order valence-corrected chi connectivity index (χ3v) is 2.42. The van der Waals surface area contributed by atoms with Crippen molar-refractivity contribution in [2.24, 2.45) is 0 Å². The van der Waals surface area contributed by atoms with Crippen molar-refractivity contribution in [1.29, 1.82) is 0 Å². The molecule has 0 heterocycles. The van der Waals surface area contributed by atoms with E-state index in [0.29, 0.717) is 0 Å². The maximum atomic E-state index is 3.26. The second-order valence-electron chi connectivity index (χ2n) is 4.16. The van der Waals surface area contributed by atoms with Crippen molar-refractivity contribution in [3.05, 3.63) is 71.7 Å². The van der Waals surface area contributed by atoms with Crippen LogP contribution < -0.4 is 5.32 Å².